The Hall–Kier alpha value is -2.74. The van der Waals surface area contributed by atoms with Gasteiger partial charge >= 0.3 is 0 Å². The molecule has 0 N–H and O–H groups in total. The molecule has 2 aromatic carbocycles. The largest absolute Gasteiger partial charge is 0.339 e. The number of amides is 4. The van der Waals surface area contributed by atoms with Gasteiger partial charge in [0, 0.05) is 62.2 Å². The summed E-state index contributed by atoms with van der Waals surface area (Å²) in [6, 6.07) is 14.5. The molecule has 0 radical (unpaired) electrons. The number of benzene rings is 2. The Balaban J connectivity index is 0.978. The number of thioether (sulfide) groups is 2. The van der Waals surface area contributed by atoms with Crippen LogP contribution in [-0.2, 0) is 19.2 Å². The van der Waals surface area contributed by atoms with E-state index in [-0.39, 0.29) is 36.6 Å². The van der Waals surface area contributed by atoms with Crippen LogP contribution in [0.3, 0.4) is 0 Å². The van der Waals surface area contributed by atoms with Gasteiger partial charge in [0.1, 0.15) is 8.64 Å². The van der Waals surface area contributed by atoms with Gasteiger partial charge in [-0.05, 0) is 60.4 Å². The number of carbonyl (C=O) groups is 4. The summed E-state index contributed by atoms with van der Waals surface area (Å²) in [7, 11) is 0. The van der Waals surface area contributed by atoms with Crippen molar-refractivity contribution in [3.8, 4) is 0 Å². The average molecular weight is 748 g/mol. The van der Waals surface area contributed by atoms with Gasteiger partial charge in [-0.15, -0.1) is 0 Å². The van der Waals surface area contributed by atoms with Crippen molar-refractivity contribution in [2.45, 2.75) is 32.1 Å². The molecule has 0 unspecified atom stereocenters. The Morgan fingerprint density at radius 1 is 0.638 bits per heavy atom. The zero-order valence-corrected chi connectivity index (χ0v) is 30.1. The summed E-state index contributed by atoms with van der Waals surface area (Å²) < 4.78 is 0.978. The Morgan fingerprint density at radius 2 is 1.06 bits per heavy atom. The average Bonchev–Trinajstić information content (AvgIpc) is 3.48. The number of thiocarbonyl (C=S) groups is 2. The number of nitrogens with zero attached hydrogens (tertiary/aromatic N) is 4. The summed E-state index contributed by atoms with van der Waals surface area (Å²) in [6.45, 7) is 2.60. The zero-order valence-electron chi connectivity index (χ0n) is 25.4. The van der Waals surface area contributed by atoms with E-state index in [2.05, 4.69) is 0 Å². The first kappa shape index (κ1) is 35.6. The molecule has 0 aliphatic carbocycles. The number of rotatable bonds is 11. The number of halogens is 2. The molecule has 246 valence electrons. The number of hydrogen-bond donors (Lipinski definition) is 0. The Bertz CT molecular complexity index is 1620. The first-order valence-electron chi connectivity index (χ1n) is 15.2. The topological polar surface area (TPSA) is 81.2 Å². The lowest BCUT2D eigenvalue weighted by Crippen LogP contribution is -2.51. The van der Waals surface area contributed by atoms with Crippen LogP contribution >= 0.6 is 71.2 Å². The van der Waals surface area contributed by atoms with E-state index in [0.29, 0.717) is 74.1 Å². The van der Waals surface area contributed by atoms with Crippen molar-refractivity contribution in [2.75, 3.05) is 39.3 Å². The third-order valence-electron chi connectivity index (χ3n) is 7.89. The van der Waals surface area contributed by atoms with Gasteiger partial charge in [-0.3, -0.25) is 29.0 Å². The second-order valence-corrected chi connectivity index (χ2v) is 15.3. The van der Waals surface area contributed by atoms with Gasteiger partial charge in [0.15, 0.2) is 0 Å². The summed E-state index contributed by atoms with van der Waals surface area (Å²) in [6.07, 6.45) is 6.43. The molecule has 47 heavy (non-hydrogen) atoms. The lowest BCUT2D eigenvalue weighted by atomic mass is 10.1. The smallest absolute Gasteiger partial charge is 0.266 e. The first-order valence-corrected chi connectivity index (χ1v) is 18.4. The zero-order chi connectivity index (χ0) is 33.5. The highest BCUT2D eigenvalue weighted by Gasteiger charge is 2.33. The molecule has 3 saturated heterocycles. The third kappa shape index (κ3) is 9.45. The van der Waals surface area contributed by atoms with E-state index in [0.717, 1.165) is 24.0 Å². The molecule has 14 heteroatoms. The van der Waals surface area contributed by atoms with Gasteiger partial charge in [-0.1, -0.05) is 102 Å². The van der Waals surface area contributed by atoms with Crippen molar-refractivity contribution in [3.63, 3.8) is 0 Å². The van der Waals surface area contributed by atoms with Crippen LogP contribution in [-0.4, -0.2) is 91.1 Å². The highest BCUT2D eigenvalue weighted by molar-refractivity contribution is 8.27. The molecule has 8 nitrogen and oxygen atoms in total. The van der Waals surface area contributed by atoms with E-state index in [9.17, 15) is 19.2 Å². The highest BCUT2D eigenvalue weighted by Crippen LogP contribution is 2.34. The van der Waals surface area contributed by atoms with Gasteiger partial charge < -0.3 is 9.80 Å². The van der Waals surface area contributed by atoms with E-state index >= 15 is 0 Å². The van der Waals surface area contributed by atoms with Crippen LogP contribution < -0.4 is 0 Å². The van der Waals surface area contributed by atoms with Gasteiger partial charge in [-0.2, -0.15) is 0 Å². The molecule has 4 amide bonds. The maximum Gasteiger partial charge on any atom is 0.266 e. The van der Waals surface area contributed by atoms with Crippen LogP contribution in [0, 0.1) is 0 Å². The molecule has 3 fully saturated rings. The molecule has 3 aliphatic heterocycles. The summed E-state index contributed by atoms with van der Waals surface area (Å²) in [5.41, 5.74) is 1.73. The second kappa shape index (κ2) is 16.6. The standard InChI is InChI=1S/C33H32Cl2N4O4S4/c34-24-9-5-22(6-10-24)20-26-30(42)38(32(44)46-26)14-3-1-2-4-28(40)36-16-18-37(19-17-36)29(41)13-15-39-31(43)27(47-33(39)45)21-23-7-11-25(35)12-8-23/h5-12,20-21H,1-4,13-19H2/b26-20-,27-21+. The monoisotopic (exact) mass is 746 g/mol. The molecule has 0 bridgehead atoms. The lowest BCUT2D eigenvalue weighted by molar-refractivity contribution is -0.140. The SMILES string of the molecule is O=C(CCCCCN1C(=O)/C(=C/c2ccc(Cl)cc2)SC1=S)N1CCN(C(=O)CCN2C(=O)/C(=C\c3ccc(Cl)cc3)SC2=S)CC1. The minimum absolute atomic E-state index is 0.0634. The fraction of sp³-hybridized carbons (Fsp3) is 0.333. The maximum absolute atomic E-state index is 12.9. The number of piperazine rings is 1. The summed E-state index contributed by atoms with van der Waals surface area (Å²) in [5, 5.41) is 1.25. The van der Waals surface area contributed by atoms with Crippen molar-refractivity contribution in [2.24, 2.45) is 0 Å². The molecule has 0 atom stereocenters. The molecular weight excluding hydrogens is 716 g/mol. The third-order valence-corrected chi connectivity index (χ3v) is 11.1. The van der Waals surface area contributed by atoms with Crippen LogP contribution in [0.25, 0.3) is 12.2 Å². The van der Waals surface area contributed by atoms with Crippen molar-refractivity contribution < 1.29 is 19.2 Å². The van der Waals surface area contributed by atoms with Crippen LogP contribution in [0.1, 0.15) is 43.2 Å². The molecule has 0 saturated carbocycles. The molecule has 5 rings (SSSR count). The quantitative estimate of drug-likeness (QED) is 0.143. The van der Waals surface area contributed by atoms with E-state index in [1.54, 1.807) is 45.0 Å². The van der Waals surface area contributed by atoms with Gasteiger partial charge in [0.05, 0.1) is 9.81 Å². The molecular formula is C33H32Cl2N4O4S4. The van der Waals surface area contributed by atoms with Crippen LogP contribution in [0.2, 0.25) is 10.0 Å². The Labute approximate surface area is 303 Å². The molecule has 3 aliphatic rings. The van der Waals surface area contributed by atoms with Crippen LogP contribution in [0.5, 0.6) is 0 Å². The van der Waals surface area contributed by atoms with Crippen molar-refractivity contribution >= 4 is 116 Å². The number of carbonyl (C=O) groups excluding carboxylic acids is 4. The predicted molar refractivity (Wildman–Crippen MR) is 199 cm³/mol. The highest BCUT2D eigenvalue weighted by atomic mass is 35.5. The molecule has 2 aromatic rings. The van der Waals surface area contributed by atoms with E-state index in [1.807, 2.05) is 30.3 Å². The molecule has 3 heterocycles. The van der Waals surface area contributed by atoms with E-state index in [4.69, 9.17) is 47.6 Å². The fourth-order valence-corrected chi connectivity index (χ4v) is 8.13. The van der Waals surface area contributed by atoms with Gasteiger partial charge in [-0.25, -0.2) is 0 Å². The summed E-state index contributed by atoms with van der Waals surface area (Å²) >= 11 is 25.3. The minimum Gasteiger partial charge on any atom is -0.339 e. The van der Waals surface area contributed by atoms with Crippen molar-refractivity contribution in [3.05, 3.63) is 79.5 Å². The second-order valence-electron chi connectivity index (χ2n) is 11.1. The van der Waals surface area contributed by atoms with Crippen molar-refractivity contribution in [1.29, 1.82) is 0 Å². The number of hydrogen-bond acceptors (Lipinski definition) is 8. The van der Waals surface area contributed by atoms with Crippen molar-refractivity contribution in [1.82, 2.24) is 19.6 Å². The normalized spacial score (nSPS) is 18.8. The maximum atomic E-state index is 12.9. The molecule has 0 aromatic heterocycles. The minimum atomic E-state index is -0.206. The van der Waals surface area contributed by atoms with Gasteiger partial charge in [0.25, 0.3) is 11.8 Å². The fourth-order valence-electron chi connectivity index (χ4n) is 5.26. The summed E-state index contributed by atoms with van der Waals surface area (Å²) in [5.74, 6) is -0.296. The first-order chi connectivity index (χ1) is 22.6. The van der Waals surface area contributed by atoms with Crippen LogP contribution in [0.15, 0.2) is 58.3 Å². The lowest BCUT2D eigenvalue weighted by Gasteiger charge is -2.35. The summed E-state index contributed by atoms with van der Waals surface area (Å²) in [4.78, 5) is 59.3. The van der Waals surface area contributed by atoms with Gasteiger partial charge in [0.2, 0.25) is 11.8 Å². The number of unbranched alkanes of at least 4 members (excludes halogenated alkanes) is 2. The molecule has 0 spiro atoms. The Kier molecular flexibility index (Phi) is 12.5. The van der Waals surface area contributed by atoms with Crippen LogP contribution in [0.4, 0.5) is 0 Å². The van der Waals surface area contributed by atoms with E-state index < -0.39 is 0 Å². The predicted octanol–water partition coefficient (Wildman–Crippen LogP) is 6.72. The Morgan fingerprint density at radius 3 is 1.53 bits per heavy atom. The van der Waals surface area contributed by atoms with E-state index in [1.165, 1.54) is 28.4 Å².